The lowest BCUT2D eigenvalue weighted by molar-refractivity contribution is -0.113. The number of para-hydroxylation sites is 1. The van der Waals surface area contributed by atoms with Gasteiger partial charge in [0.25, 0.3) is 5.22 Å². The minimum absolute atomic E-state index is 0.0612. The Kier molecular flexibility index (Phi) is 6.17. The van der Waals surface area contributed by atoms with Gasteiger partial charge in [-0.05, 0) is 36.4 Å². The van der Waals surface area contributed by atoms with E-state index in [1.54, 1.807) is 16.8 Å². The van der Waals surface area contributed by atoms with E-state index in [0.717, 1.165) is 28.7 Å². The van der Waals surface area contributed by atoms with Crippen LogP contribution in [0.25, 0.3) is 28.4 Å². The second-order valence-electron chi connectivity index (χ2n) is 7.25. The van der Waals surface area contributed by atoms with Crippen molar-refractivity contribution in [1.29, 1.82) is 0 Å². The number of carbonyl (C=O) groups excluding carboxylic acids is 1. The van der Waals surface area contributed by atoms with E-state index >= 15 is 0 Å². The van der Waals surface area contributed by atoms with Crippen LogP contribution in [0.3, 0.4) is 0 Å². The zero-order valence-corrected chi connectivity index (χ0v) is 18.6. The van der Waals surface area contributed by atoms with Crippen molar-refractivity contribution in [2.24, 2.45) is 0 Å². The first kappa shape index (κ1) is 21.6. The fourth-order valence-corrected chi connectivity index (χ4v) is 3.83. The molecule has 2 heterocycles. The number of hydrogen-bond acceptors (Lipinski definition) is 6. The summed E-state index contributed by atoms with van der Waals surface area (Å²) < 4.78 is 20.4. The molecule has 0 atom stereocenters. The normalized spacial score (nSPS) is 10.9. The van der Waals surface area contributed by atoms with Gasteiger partial charge in [-0.2, -0.15) is 5.10 Å². The van der Waals surface area contributed by atoms with Gasteiger partial charge < -0.3 is 9.73 Å². The number of thioether (sulfide) groups is 1. The van der Waals surface area contributed by atoms with Crippen molar-refractivity contribution in [1.82, 2.24) is 20.0 Å². The van der Waals surface area contributed by atoms with Gasteiger partial charge in [0.05, 0.1) is 17.1 Å². The van der Waals surface area contributed by atoms with Crippen LogP contribution in [-0.4, -0.2) is 31.6 Å². The van der Waals surface area contributed by atoms with E-state index < -0.39 is 0 Å². The van der Waals surface area contributed by atoms with E-state index in [0.29, 0.717) is 11.4 Å². The van der Waals surface area contributed by atoms with Gasteiger partial charge in [0.2, 0.25) is 11.8 Å². The van der Waals surface area contributed by atoms with Crippen LogP contribution in [0.4, 0.5) is 10.2 Å². The molecule has 0 unspecified atom stereocenters. The summed E-state index contributed by atoms with van der Waals surface area (Å²) in [5, 5.41) is 15.8. The number of amides is 1. The first-order valence-electron chi connectivity index (χ1n) is 10.4. The molecule has 0 radical (unpaired) electrons. The lowest BCUT2D eigenvalue weighted by atomic mass is 10.2. The second kappa shape index (κ2) is 9.72. The molecule has 5 rings (SSSR count). The molecule has 168 valence electrons. The predicted molar refractivity (Wildman–Crippen MR) is 128 cm³/mol. The lowest BCUT2D eigenvalue weighted by Crippen LogP contribution is -2.16. The number of halogens is 1. The smallest absolute Gasteiger partial charge is 0.277 e. The fourth-order valence-electron chi connectivity index (χ4n) is 3.27. The Hall–Kier alpha value is -4.24. The van der Waals surface area contributed by atoms with E-state index in [1.807, 2.05) is 66.7 Å². The van der Waals surface area contributed by atoms with Gasteiger partial charge in [-0.3, -0.25) is 4.79 Å². The Bertz CT molecular complexity index is 1400. The van der Waals surface area contributed by atoms with E-state index in [2.05, 4.69) is 15.5 Å². The fraction of sp³-hybridized carbons (Fsp3) is 0.0400. The molecule has 0 aliphatic carbocycles. The summed E-state index contributed by atoms with van der Waals surface area (Å²) in [7, 11) is 0. The quantitative estimate of drug-likeness (QED) is 0.317. The van der Waals surface area contributed by atoms with Gasteiger partial charge in [-0.15, -0.1) is 10.2 Å². The van der Waals surface area contributed by atoms with Crippen molar-refractivity contribution in [3.05, 3.63) is 96.8 Å². The number of carbonyl (C=O) groups is 1. The number of hydrogen-bond donors (Lipinski definition) is 1. The Morgan fingerprint density at radius 3 is 2.35 bits per heavy atom. The van der Waals surface area contributed by atoms with Crippen molar-refractivity contribution in [3.8, 4) is 28.4 Å². The van der Waals surface area contributed by atoms with Crippen LogP contribution < -0.4 is 5.32 Å². The van der Waals surface area contributed by atoms with Gasteiger partial charge >= 0.3 is 0 Å². The molecule has 1 N–H and O–H groups in total. The standard InChI is InChI=1S/C25H18FN5O2S/c26-19-13-11-18(12-14-19)24-28-29-25(33-24)34-16-23(32)27-22-15-21(17-7-3-1-4-8-17)30-31(22)20-9-5-2-6-10-20/h1-15H,16H2,(H,27,32). The average Bonchev–Trinajstić information content (AvgIpc) is 3.52. The summed E-state index contributed by atoms with van der Waals surface area (Å²) >= 11 is 1.12. The SMILES string of the molecule is O=C(CSc1nnc(-c2ccc(F)cc2)o1)Nc1cc(-c2ccccc2)nn1-c1ccccc1. The first-order chi connectivity index (χ1) is 16.7. The Morgan fingerprint density at radius 1 is 0.912 bits per heavy atom. The van der Waals surface area contributed by atoms with Crippen molar-refractivity contribution < 1.29 is 13.6 Å². The molecular weight excluding hydrogens is 453 g/mol. The van der Waals surface area contributed by atoms with Crippen LogP contribution in [-0.2, 0) is 4.79 Å². The summed E-state index contributed by atoms with van der Waals surface area (Å²) in [6, 6.07) is 26.9. The second-order valence-corrected chi connectivity index (χ2v) is 8.17. The molecule has 5 aromatic rings. The molecule has 0 spiro atoms. The summed E-state index contributed by atoms with van der Waals surface area (Å²) in [5.74, 6) is 0.278. The van der Waals surface area contributed by atoms with Gasteiger partial charge in [0, 0.05) is 17.2 Å². The van der Waals surface area contributed by atoms with E-state index in [4.69, 9.17) is 9.52 Å². The predicted octanol–water partition coefficient (Wildman–Crippen LogP) is 5.46. The summed E-state index contributed by atoms with van der Waals surface area (Å²) in [5.41, 5.74) is 3.12. The maximum atomic E-state index is 13.1. The van der Waals surface area contributed by atoms with Crippen molar-refractivity contribution in [2.75, 3.05) is 11.1 Å². The van der Waals surface area contributed by atoms with E-state index in [9.17, 15) is 9.18 Å². The molecule has 3 aromatic carbocycles. The number of anilines is 1. The zero-order chi connectivity index (χ0) is 23.3. The summed E-state index contributed by atoms with van der Waals surface area (Å²) in [6.45, 7) is 0. The third-order valence-corrected chi connectivity index (χ3v) is 5.69. The number of benzene rings is 3. The van der Waals surface area contributed by atoms with Crippen LogP contribution >= 0.6 is 11.8 Å². The molecule has 0 saturated heterocycles. The van der Waals surface area contributed by atoms with Gasteiger partial charge in [-0.25, -0.2) is 9.07 Å². The largest absolute Gasteiger partial charge is 0.411 e. The van der Waals surface area contributed by atoms with Crippen LogP contribution in [0.2, 0.25) is 0 Å². The van der Waals surface area contributed by atoms with Crippen molar-refractivity contribution >= 4 is 23.5 Å². The third-order valence-electron chi connectivity index (χ3n) is 4.87. The highest BCUT2D eigenvalue weighted by atomic mass is 32.2. The molecule has 9 heteroatoms. The Balaban J connectivity index is 1.30. The number of nitrogens with one attached hydrogen (secondary N) is 1. The lowest BCUT2D eigenvalue weighted by Gasteiger charge is -2.08. The van der Waals surface area contributed by atoms with Crippen LogP contribution in [0.1, 0.15) is 0 Å². The number of rotatable bonds is 7. The molecule has 34 heavy (non-hydrogen) atoms. The van der Waals surface area contributed by atoms with Crippen LogP contribution in [0.5, 0.6) is 0 Å². The van der Waals surface area contributed by atoms with E-state index in [-0.39, 0.29) is 28.6 Å². The number of nitrogens with zero attached hydrogens (tertiary/aromatic N) is 4. The zero-order valence-electron chi connectivity index (χ0n) is 17.8. The minimum Gasteiger partial charge on any atom is -0.411 e. The Morgan fingerprint density at radius 2 is 1.62 bits per heavy atom. The summed E-state index contributed by atoms with van der Waals surface area (Å²) in [4.78, 5) is 12.7. The van der Waals surface area contributed by atoms with Crippen LogP contribution in [0, 0.1) is 5.82 Å². The molecular formula is C25H18FN5O2S. The molecule has 2 aromatic heterocycles. The van der Waals surface area contributed by atoms with Gasteiger partial charge in [-0.1, -0.05) is 60.3 Å². The van der Waals surface area contributed by atoms with E-state index in [1.165, 1.54) is 12.1 Å². The first-order valence-corrected chi connectivity index (χ1v) is 11.4. The molecule has 0 saturated carbocycles. The Labute approximate surface area is 198 Å². The maximum absolute atomic E-state index is 13.1. The monoisotopic (exact) mass is 471 g/mol. The minimum atomic E-state index is -0.347. The molecule has 0 bridgehead atoms. The van der Waals surface area contributed by atoms with Crippen LogP contribution in [0.15, 0.2) is 101 Å². The molecule has 0 fully saturated rings. The highest BCUT2D eigenvalue weighted by Gasteiger charge is 2.16. The van der Waals surface area contributed by atoms with Crippen molar-refractivity contribution in [3.63, 3.8) is 0 Å². The van der Waals surface area contributed by atoms with Crippen molar-refractivity contribution in [2.45, 2.75) is 5.22 Å². The number of aromatic nitrogens is 4. The van der Waals surface area contributed by atoms with Gasteiger partial charge in [0.1, 0.15) is 11.6 Å². The topological polar surface area (TPSA) is 85.8 Å². The average molecular weight is 472 g/mol. The maximum Gasteiger partial charge on any atom is 0.277 e. The van der Waals surface area contributed by atoms with Gasteiger partial charge in [0.15, 0.2) is 0 Å². The molecule has 1 amide bonds. The third kappa shape index (κ3) is 4.89. The highest BCUT2D eigenvalue weighted by molar-refractivity contribution is 7.99. The summed E-state index contributed by atoms with van der Waals surface area (Å²) in [6.07, 6.45) is 0. The molecule has 0 aliphatic rings. The molecule has 0 aliphatic heterocycles. The molecule has 7 nitrogen and oxygen atoms in total. The highest BCUT2D eigenvalue weighted by Crippen LogP contribution is 2.26.